The molecule has 0 saturated carbocycles. The molecule has 0 radical (unpaired) electrons. The van der Waals surface area contributed by atoms with Gasteiger partial charge >= 0.3 is 0 Å². The Balaban J connectivity index is 1.99. The van der Waals surface area contributed by atoms with Gasteiger partial charge in [-0.05, 0) is 49.6 Å². The Labute approximate surface area is 155 Å². The number of aromatic nitrogens is 1. The van der Waals surface area contributed by atoms with Gasteiger partial charge in [-0.25, -0.2) is 0 Å². The minimum atomic E-state index is -0.125. The van der Waals surface area contributed by atoms with Gasteiger partial charge in [0.2, 0.25) is 0 Å². The Morgan fingerprint density at radius 2 is 1.96 bits per heavy atom. The van der Waals surface area contributed by atoms with Crippen molar-refractivity contribution >= 4 is 11.4 Å². The molecule has 1 aromatic carbocycles. The number of carbonyl (C=O) groups excluding carboxylic acids is 1. The van der Waals surface area contributed by atoms with Crippen LogP contribution >= 0.6 is 0 Å². The van der Waals surface area contributed by atoms with Gasteiger partial charge in [0, 0.05) is 30.7 Å². The van der Waals surface area contributed by atoms with Gasteiger partial charge in [0.15, 0.2) is 5.78 Å². The SMILES string of the molecule is C=CCOC1=C(c2c(C)cc(C)cc2C)C(=O)C(Cc2ccccn2)C1. The van der Waals surface area contributed by atoms with Crippen LogP contribution in [0.25, 0.3) is 5.57 Å². The minimum Gasteiger partial charge on any atom is -0.493 e. The Kier molecular flexibility index (Phi) is 5.36. The third-order valence-electron chi connectivity index (χ3n) is 4.81. The van der Waals surface area contributed by atoms with Crippen molar-refractivity contribution in [2.75, 3.05) is 6.61 Å². The molecule has 1 unspecified atom stereocenters. The van der Waals surface area contributed by atoms with E-state index in [1.165, 1.54) is 5.56 Å². The summed E-state index contributed by atoms with van der Waals surface area (Å²) < 4.78 is 5.92. The van der Waals surface area contributed by atoms with E-state index >= 15 is 0 Å². The fourth-order valence-corrected chi connectivity index (χ4v) is 3.82. The lowest BCUT2D eigenvalue weighted by molar-refractivity contribution is -0.116. The highest BCUT2D eigenvalue weighted by atomic mass is 16.5. The number of nitrogens with zero attached hydrogens (tertiary/aromatic N) is 1. The van der Waals surface area contributed by atoms with Gasteiger partial charge in [-0.2, -0.15) is 0 Å². The molecule has 1 atom stereocenters. The molecule has 0 saturated heterocycles. The van der Waals surface area contributed by atoms with E-state index in [1.54, 1.807) is 12.3 Å². The second kappa shape index (κ2) is 7.69. The van der Waals surface area contributed by atoms with Crippen LogP contribution in [0.5, 0.6) is 0 Å². The number of carbonyl (C=O) groups is 1. The van der Waals surface area contributed by atoms with E-state index in [0.717, 1.165) is 33.7 Å². The van der Waals surface area contributed by atoms with Gasteiger partial charge in [0.1, 0.15) is 12.4 Å². The number of aryl methyl sites for hydroxylation is 3. The van der Waals surface area contributed by atoms with Gasteiger partial charge in [0.05, 0.1) is 5.57 Å². The number of hydrogen-bond donors (Lipinski definition) is 0. The normalized spacial score (nSPS) is 16.9. The second-order valence-corrected chi connectivity index (χ2v) is 6.96. The zero-order chi connectivity index (χ0) is 18.7. The van der Waals surface area contributed by atoms with Crippen LogP contribution in [0, 0.1) is 26.7 Å². The highest BCUT2D eigenvalue weighted by molar-refractivity contribution is 6.25. The maximum absolute atomic E-state index is 13.3. The molecule has 3 nitrogen and oxygen atoms in total. The predicted octanol–water partition coefficient (Wildman–Crippen LogP) is 4.75. The second-order valence-electron chi connectivity index (χ2n) is 6.96. The van der Waals surface area contributed by atoms with E-state index in [1.807, 2.05) is 18.2 Å². The summed E-state index contributed by atoms with van der Waals surface area (Å²) in [5.74, 6) is 0.815. The molecule has 1 heterocycles. The first-order chi connectivity index (χ1) is 12.5. The summed E-state index contributed by atoms with van der Waals surface area (Å²) in [4.78, 5) is 17.7. The molecule has 26 heavy (non-hydrogen) atoms. The molecule has 0 fully saturated rings. The average molecular weight is 347 g/mol. The predicted molar refractivity (Wildman–Crippen MR) is 105 cm³/mol. The molecule has 0 N–H and O–H groups in total. The highest BCUT2D eigenvalue weighted by Crippen LogP contribution is 2.39. The van der Waals surface area contributed by atoms with Crippen molar-refractivity contribution < 1.29 is 9.53 Å². The molecule has 0 bridgehead atoms. The molecule has 3 heteroatoms. The number of ether oxygens (including phenoxy) is 1. The summed E-state index contributed by atoms with van der Waals surface area (Å²) in [6.07, 6.45) is 4.74. The summed E-state index contributed by atoms with van der Waals surface area (Å²) in [5.41, 5.74) is 6.12. The summed E-state index contributed by atoms with van der Waals surface area (Å²) in [6.45, 7) is 10.3. The fourth-order valence-electron chi connectivity index (χ4n) is 3.82. The van der Waals surface area contributed by atoms with Crippen LogP contribution in [0.3, 0.4) is 0 Å². The van der Waals surface area contributed by atoms with Crippen LogP contribution in [0.2, 0.25) is 0 Å². The van der Waals surface area contributed by atoms with Crippen molar-refractivity contribution in [3.8, 4) is 0 Å². The smallest absolute Gasteiger partial charge is 0.170 e. The van der Waals surface area contributed by atoms with Gasteiger partial charge in [-0.1, -0.05) is 36.4 Å². The van der Waals surface area contributed by atoms with Gasteiger partial charge in [-0.3, -0.25) is 9.78 Å². The molecule has 3 rings (SSSR count). The number of Topliss-reactive ketones (excluding diaryl/α,β-unsaturated/α-hetero) is 1. The van der Waals surface area contributed by atoms with Crippen molar-refractivity contribution in [1.82, 2.24) is 4.98 Å². The van der Waals surface area contributed by atoms with Crippen LogP contribution in [-0.4, -0.2) is 17.4 Å². The first-order valence-electron chi connectivity index (χ1n) is 9.00. The number of benzene rings is 1. The third kappa shape index (κ3) is 3.62. The number of ketones is 1. The number of allylic oxidation sites excluding steroid dienone is 2. The molecule has 0 aliphatic heterocycles. The molecule has 0 amide bonds. The maximum atomic E-state index is 13.3. The summed E-state index contributed by atoms with van der Waals surface area (Å²) in [7, 11) is 0. The fraction of sp³-hybridized carbons (Fsp3) is 0.304. The molecule has 1 aliphatic rings. The molecule has 1 aromatic heterocycles. The summed E-state index contributed by atoms with van der Waals surface area (Å²) in [6, 6.07) is 10.1. The average Bonchev–Trinajstić information content (AvgIpc) is 2.89. The summed E-state index contributed by atoms with van der Waals surface area (Å²) in [5, 5.41) is 0. The first kappa shape index (κ1) is 18.1. The first-order valence-corrected chi connectivity index (χ1v) is 9.00. The van der Waals surface area contributed by atoms with Crippen LogP contribution in [-0.2, 0) is 16.0 Å². The van der Waals surface area contributed by atoms with Crippen LogP contribution in [0.4, 0.5) is 0 Å². The van der Waals surface area contributed by atoms with E-state index in [4.69, 9.17) is 4.74 Å². The topological polar surface area (TPSA) is 39.2 Å². The lowest BCUT2D eigenvalue weighted by Crippen LogP contribution is -2.14. The molecular formula is C23H25NO2. The molecule has 134 valence electrons. The standard InChI is InChI=1S/C23H25NO2/c1-5-10-26-20-14-18(13-19-8-6-7-9-24-19)23(25)22(20)21-16(3)11-15(2)12-17(21)4/h5-9,11-12,18H,1,10,13-14H2,2-4H3. The van der Waals surface area contributed by atoms with Crippen molar-refractivity contribution in [2.24, 2.45) is 5.92 Å². The largest absolute Gasteiger partial charge is 0.493 e. The zero-order valence-electron chi connectivity index (χ0n) is 15.7. The quantitative estimate of drug-likeness (QED) is 0.708. The Morgan fingerprint density at radius 1 is 1.23 bits per heavy atom. The Bertz CT molecular complexity index is 842. The van der Waals surface area contributed by atoms with Crippen LogP contribution in [0.15, 0.2) is 54.9 Å². The van der Waals surface area contributed by atoms with Crippen molar-refractivity contribution in [2.45, 2.75) is 33.6 Å². The third-order valence-corrected chi connectivity index (χ3v) is 4.81. The Hall–Kier alpha value is -2.68. The van der Waals surface area contributed by atoms with Gasteiger partial charge in [0.25, 0.3) is 0 Å². The van der Waals surface area contributed by atoms with Crippen LogP contribution < -0.4 is 0 Å². The van der Waals surface area contributed by atoms with E-state index < -0.39 is 0 Å². The number of pyridine rings is 1. The van der Waals surface area contributed by atoms with E-state index in [-0.39, 0.29) is 11.7 Å². The number of hydrogen-bond acceptors (Lipinski definition) is 3. The van der Waals surface area contributed by atoms with E-state index in [0.29, 0.717) is 19.4 Å². The lowest BCUT2D eigenvalue weighted by atomic mass is 9.90. The van der Waals surface area contributed by atoms with Crippen molar-refractivity contribution in [3.63, 3.8) is 0 Å². The zero-order valence-corrected chi connectivity index (χ0v) is 15.7. The monoisotopic (exact) mass is 347 g/mol. The number of rotatable bonds is 6. The highest BCUT2D eigenvalue weighted by Gasteiger charge is 2.36. The van der Waals surface area contributed by atoms with E-state index in [2.05, 4.69) is 44.5 Å². The molecule has 1 aliphatic carbocycles. The van der Waals surface area contributed by atoms with Crippen LogP contribution in [0.1, 0.15) is 34.4 Å². The summed E-state index contributed by atoms with van der Waals surface area (Å²) >= 11 is 0. The lowest BCUT2D eigenvalue weighted by Gasteiger charge is -2.14. The maximum Gasteiger partial charge on any atom is 0.170 e. The van der Waals surface area contributed by atoms with Crippen molar-refractivity contribution in [3.05, 3.63) is 82.9 Å². The van der Waals surface area contributed by atoms with Gasteiger partial charge in [-0.15, -0.1) is 0 Å². The molecular weight excluding hydrogens is 322 g/mol. The van der Waals surface area contributed by atoms with E-state index in [9.17, 15) is 4.79 Å². The Morgan fingerprint density at radius 3 is 2.58 bits per heavy atom. The minimum absolute atomic E-state index is 0.125. The molecule has 2 aromatic rings. The van der Waals surface area contributed by atoms with Gasteiger partial charge < -0.3 is 4.74 Å². The van der Waals surface area contributed by atoms with Crippen molar-refractivity contribution in [1.29, 1.82) is 0 Å². The molecule has 0 spiro atoms.